The molecule has 0 nitrogen and oxygen atoms in total. The second-order valence-electron chi connectivity index (χ2n) is 3.47. The fourth-order valence-corrected chi connectivity index (χ4v) is 1.74. The number of hydrogen-bond donors (Lipinski definition) is 0. The Morgan fingerprint density at radius 1 is 1.23 bits per heavy atom. The lowest BCUT2D eigenvalue weighted by molar-refractivity contribution is 0.738. The molecule has 0 fully saturated rings. The Hall–Kier alpha value is -0.490. The Kier molecular flexibility index (Phi) is 4.31. The molecule has 0 saturated heterocycles. The number of aryl methyl sites for hydroxylation is 1. The summed E-state index contributed by atoms with van der Waals surface area (Å²) >= 11 is 5.70. The molecule has 0 aliphatic carbocycles. The normalized spacial score (nSPS) is 12.8. The zero-order valence-corrected chi connectivity index (χ0v) is 9.14. The molecule has 1 unspecified atom stereocenters. The standard InChI is InChI=1S/C12H17Cl/c1-3-11-4-6-12(7-5-11)10(2)8-9-13/h4-7,10H,3,8-9H2,1-2H3. The van der Waals surface area contributed by atoms with Crippen LogP contribution in [0.1, 0.15) is 37.3 Å². The zero-order chi connectivity index (χ0) is 9.68. The van der Waals surface area contributed by atoms with Gasteiger partial charge in [-0.05, 0) is 29.9 Å². The van der Waals surface area contributed by atoms with Gasteiger partial charge in [-0.1, -0.05) is 38.1 Å². The number of hydrogen-bond acceptors (Lipinski definition) is 0. The number of rotatable bonds is 4. The van der Waals surface area contributed by atoms with E-state index in [0.717, 1.165) is 18.7 Å². The first kappa shape index (κ1) is 10.6. The fraction of sp³-hybridized carbons (Fsp3) is 0.500. The molecule has 0 bridgehead atoms. The van der Waals surface area contributed by atoms with Gasteiger partial charge in [-0.25, -0.2) is 0 Å². The van der Waals surface area contributed by atoms with Crippen LogP contribution in [0.4, 0.5) is 0 Å². The smallest absolute Gasteiger partial charge is 0.0229 e. The number of alkyl halides is 1. The van der Waals surface area contributed by atoms with Crippen molar-refractivity contribution in [3.05, 3.63) is 35.4 Å². The van der Waals surface area contributed by atoms with Gasteiger partial charge in [-0.3, -0.25) is 0 Å². The van der Waals surface area contributed by atoms with Gasteiger partial charge in [0.1, 0.15) is 0 Å². The molecule has 1 atom stereocenters. The highest BCUT2D eigenvalue weighted by Crippen LogP contribution is 2.19. The van der Waals surface area contributed by atoms with Crippen molar-refractivity contribution in [3.8, 4) is 0 Å². The molecule has 0 aliphatic heterocycles. The highest BCUT2D eigenvalue weighted by molar-refractivity contribution is 6.17. The lowest BCUT2D eigenvalue weighted by atomic mass is 9.97. The van der Waals surface area contributed by atoms with Crippen molar-refractivity contribution in [2.45, 2.75) is 32.6 Å². The second kappa shape index (κ2) is 5.29. The Bertz CT molecular complexity index is 238. The lowest BCUT2D eigenvalue weighted by Crippen LogP contribution is -1.94. The van der Waals surface area contributed by atoms with Crippen LogP contribution >= 0.6 is 11.6 Å². The van der Waals surface area contributed by atoms with E-state index in [9.17, 15) is 0 Å². The minimum absolute atomic E-state index is 0.586. The average molecular weight is 197 g/mol. The van der Waals surface area contributed by atoms with Crippen molar-refractivity contribution >= 4 is 11.6 Å². The largest absolute Gasteiger partial charge is 0.127 e. The number of benzene rings is 1. The molecule has 0 heterocycles. The van der Waals surface area contributed by atoms with E-state index in [1.807, 2.05) is 0 Å². The quantitative estimate of drug-likeness (QED) is 0.639. The Morgan fingerprint density at radius 2 is 1.85 bits per heavy atom. The Balaban J connectivity index is 2.67. The highest BCUT2D eigenvalue weighted by Gasteiger charge is 2.03. The summed E-state index contributed by atoms with van der Waals surface area (Å²) in [6.45, 7) is 4.40. The molecule has 1 aromatic carbocycles. The van der Waals surface area contributed by atoms with E-state index in [2.05, 4.69) is 38.1 Å². The van der Waals surface area contributed by atoms with Crippen LogP contribution in [-0.2, 0) is 6.42 Å². The van der Waals surface area contributed by atoms with Crippen molar-refractivity contribution in [2.24, 2.45) is 0 Å². The molecule has 0 saturated carbocycles. The Labute approximate surface area is 85.9 Å². The number of halogens is 1. The molecule has 1 rings (SSSR count). The van der Waals surface area contributed by atoms with Gasteiger partial charge in [0, 0.05) is 5.88 Å². The third-order valence-corrected chi connectivity index (χ3v) is 2.72. The third-order valence-electron chi connectivity index (χ3n) is 2.50. The lowest BCUT2D eigenvalue weighted by Gasteiger charge is -2.10. The molecule has 0 aliphatic rings. The summed E-state index contributed by atoms with van der Waals surface area (Å²) < 4.78 is 0. The highest BCUT2D eigenvalue weighted by atomic mass is 35.5. The minimum Gasteiger partial charge on any atom is -0.127 e. The molecule has 0 amide bonds. The van der Waals surface area contributed by atoms with Gasteiger partial charge in [0.15, 0.2) is 0 Å². The van der Waals surface area contributed by atoms with Crippen LogP contribution in [-0.4, -0.2) is 5.88 Å². The van der Waals surface area contributed by atoms with Gasteiger partial charge >= 0.3 is 0 Å². The molecular weight excluding hydrogens is 180 g/mol. The summed E-state index contributed by atoms with van der Waals surface area (Å²) in [6, 6.07) is 8.85. The van der Waals surface area contributed by atoms with Crippen LogP contribution in [0.25, 0.3) is 0 Å². The summed E-state index contributed by atoms with van der Waals surface area (Å²) in [4.78, 5) is 0. The van der Waals surface area contributed by atoms with Crippen LogP contribution in [0.2, 0.25) is 0 Å². The maximum absolute atomic E-state index is 5.70. The van der Waals surface area contributed by atoms with Crippen molar-refractivity contribution in [2.75, 3.05) is 5.88 Å². The molecule has 0 N–H and O–H groups in total. The zero-order valence-electron chi connectivity index (χ0n) is 8.39. The van der Waals surface area contributed by atoms with Crippen molar-refractivity contribution in [3.63, 3.8) is 0 Å². The predicted molar refractivity (Wildman–Crippen MR) is 59.6 cm³/mol. The third kappa shape index (κ3) is 3.04. The second-order valence-corrected chi connectivity index (χ2v) is 3.85. The van der Waals surface area contributed by atoms with E-state index in [-0.39, 0.29) is 0 Å². The van der Waals surface area contributed by atoms with E-state index >= 15 is 0 Å². The molecule has 0 radical (unpaired) electrons. The Morgan fingerprint density at radius 3 is 2.31 bits per heavy atom. The van der Waals surface area contributed by atoms with E-state index < -0.39 is 0 Å². The van der Waals surface area contributed by atoms with E-state index in [4.69, 9.17) is 11.6 Å². The summed E-state index contributed by atoms with van der Waals surface area (Å²) in [5, 5.41) is 0. The average Bonchev–Trinajstić information content (AvgIpc) is 2.18. The maximum Gasteiger partial charge on any atom is 0.0229 e. The summed E-state index contributed by atoms with van der Waals surface area (Å²) in [6.07, 6.45) is 2.18. The van der Waals surface area contributed by atoms with Gasteiger partial charge in [0.25, 0.3) is 0 Å². The molecule has 0 aromatic heterocycles. The molecule has 0 spiro atoms. The summed E-state index contributed by atoms with van der Waals surface area (Å²) in [5.41, 5.74) is 2.81. The van der Waals surface area contributed by atoms with Crippen LogP contribution < -0.4 is 0 Å². The predicted octanol–water partition coefficient (Wildman–Crippen LogP) is 3.98. The van der Waals surface area contributed by atoms with Crippen LogP contribution in [0.5, 0.6) is 0 Å². The first-order chi connectivity index (χ1) is 6.27. The van der Waals surface area contributed by atoms with Crippen LogP contribution in [0.15, 0.2) is 24.3 Å². The van der Waals surface area contributed by atoms with E-state index in [1.54, 1.807) is 0 Å². The molecule has 1 heteroatoms. The van der Waals surface area contributed by atoms with Crippen molar-refractivity contribution < 1.29 is 0 Å². The topological polar surface area (TPSA) is 0 Å². The van der Waals surface area contributed by atoms with Crippen molar-refractivity contribution in [1.29, 1.82) is 0 Å². The summed E-state index contributed by atoms with van der Waals surface area (Å²) in [7, 11) is 0. The first-order valence-electron chi connectivity index (χ1n) is 4.92. The van der Waals surface area contributed by atoms with Gasteiger partial charge in [0.2, 0.25) is 0 Å². The summed E-state index contributed by atoms with van der Waals surface area (Å²) in [5.74, 6) is 1.33. The van der Waals surface area contributed by atoms with Gasteiger partial charge in [-0.2, -0.15) is 0 Å². The van der Waals surface area contributed by atoms with E-state index in [1.165, 1.54) is 11.1 Å². The maximum atomic E-state index is 5.70. The molecule has 1 aromatic rings. The van der Waals surface area contributed by atoms with Gasteiger partial charge in [0.05, 0.1) is 0 Å². The van der Waals surface area contributed by atoms with E-state index in [0.29, 0.717) is 5.92 Å². The van der Waals surface area contributed by atoms with Gasteiger partial charge < -0.3 is 0 Å². The van der Waals surface area contributed by atoms with Crippen molar-refractivity contribution in [1.82, 2.24) is 0 Å². The monoisotopic (exact) mass is 196 g/mol. The minimum atomic E-state index is 0.586. The molecular formula is C12H17Cl. The fourth-order valence-electron chi connectivity index (χ4n) is 1.41. The molecule has 72 valence electrons. The molecule has 13 heavy (non-hydrogen) atoms. The van der Waals surface area contributed by atoms with Gasteiger partial charge in [-0.15, -0.1) is 11.6 Å². The van der Waals surface area contributed by atoms with Crippen LogP contribution in [0.3, 0.4) is 0 Å². The van der Waals surface area contributed by atoms with Crippen LogP contribution in [0, 0.1) is 0 Å². The first-order valence-corrected chi connectivity index (χ1v) is 5.46. The SMILES string of the molecule is CCc1ccc(C(C)CCCl)cc1.